The highest BCUT2D eigenvalue weighted by Crippen LogP contribution is 2.51. The summed E-state index contributed by atoms with van der Waals surface area (Å²) < 4.78 is 4.52. The second-order valence-electron chi connectivity index (χ2n) is 37.9. The summed E-state index contributed by atoms with van der Waals surface area (Å²) >= 11 is 0. The summed E-state index contributed by atoms with van der Waals surface area (Å²) in [5.74, 6) is 3.84. The first-order valence-electron chi connectivity index (χ1n) is 50.5. The lowest BCUT2D eigenvalue weighted by Crippen LogP contribution is -2.01. The molecule has 0 radical (unpaired) electrons. The number of nitrogens with zero attached hydrogens (tertiary/aromatic N) is 7. The molecular weight excluding hydrogens is 1790 g/mol. The van der Waals surface area contributed by atoms with Crippen LogP contribution in [0.25, 0.3) is 276 Å². The van der Waals surface area contributed by atoms with Gasteiger partial charge in [0.2, 0.25) is 0 Å². The molecule has 690 valence electrons. The first-order valence-corrected chi connectivity index (χ1v) is 50.5. The Morgan fingerprint density at radius 3 is 0.845 bits per heavy atom. The van der Waals surface area contributed by atoms with Crippen molar-refractivity contribution < 1.29 is 0 Å². The normalized spacial score (nSPS) is 11.5. The molecule has 0 saturated heterocycles. The molecule has 7 nitrogen and oxygen atoms in total. The molecule has 0 saturated carbocycles. The third-order valence-corrected chi connectivity index (χ3v) is 29.3. The van der Waals surface area contributed by atoms with Gasteiger partial charge in [-0.3, -0.25) is 9.13 Å². The van der Waals surface area contributed by atoms with Crippen LogP contribution in [0.1, 0.15) is 0 Å². The average molecular weight is 1880 g/mol. The fourth-order valence-electron chi connectivity index (χ4n) is 22.5. The average Bonchev–Trinajstić information content (AvgIpc) is 1.30. The Kier molecular flexibility index (Phi) is 22.2. The lowest BCUT2D eigenvalue weighted by molar-refractivity contribution is 1.08. The van der Waals surface area contributed by atoms with Gasteiger partial charge in [-0.1, -0.05) is 485 Å². The molecule has 3 aromatic heterocycles. The predicted octanol–water partition coefficient (Wildman–Crippen LogP) is 37.5. The van der Waals surface area contributed by atoms with Crippen LogP contribution in [-0.4, -0.2) is 34.1 Å². The molecule has 0 fully saturated rings. The minimum Gasteiger partial charge on any atom is -0.292 e. The summed E-state index contributed by atoms with van der Waals surface area (Å²) in [6.07, 6.45) is 0. The SMILES string of the molecule is c1ccc(-c2nc(-c3ccccc3)nc(-c3c4ccccc4c(-c4ccc(-c5cccc6ccccc56)cc4)c4ccccc34)n2)cc1.c1ccc(-n2c(-c3ccc(-c4c5ccccc5c(-c5cccc6ccccc56)c5ccccc45)cc3)nc3ccccc32)cc1.c1ccc(-n2c(-c3ccc(-c4ccc5c(-c6ccc7ccccc7c6)c6ccccc6c(-c6ccc7ccccc7c6)c5c4)cc3)nc3ccccc32)cc1. The van der Waals surface area contributed by atoms with Crippen LogP contribution in [0.4, 0.5) is 0 Å². The van der Waals surface area contributed by atoms with Crippen molar-refractivity contribution in [3.05, 3.63) is 552 Å². The highest BCUT2D eigenvalue weighted by molar-refractivity contribution is 6.26. The molecule has 0 atom stereocenters. The molecule has 0 aliphatic carbocycles. The van der Waals surface area contributed by atoms with Crippen LogP contribution < -0.4 is 0 Å². The van der Waals surface area contributed by atoms with Gasteiger partial charge in [0.15, 0.2) is 17.5 Å². The van der Waals surface area contributed by atoms with Crippen molar-refractivity contribution in [3.8, 4) is 146 Å². The van der Waals surface area contributed by atoms with Crippen LogP contribution in [0.3, 0.4) is 0 Å². The predicted molar refractivity (Wildman–Crippen MR) is 622 cm³/mol. The van der Waals surface area contributed by atoms with E-state index >= 15 is 0 Å². The molecule has 0 spiro atoms. The summed E-state index contributed by atoms with van der Waals surface area (Å²) in [5.41, 5.74) is 28.6. The minimum atomic E-state index is 0.653. The number of rotatable bonds is 14. The van der Waals surface area contributed by atoms with E-state index in [4.69, 9.17) is 24.9 Å². The van der Waals surface area contributed by atoms with Crippen molar-refractivity contribution in [1.82, 2.24) is 34.1 Å². The van der Waals surface area contributed by atoms with E-state index < -0.39 is 0 Å². The maximum Gasteiger partial charge on any atom is 0.165 e. The number of hydrogen-bond acceptors (Lipinski definition) is 5. The van der Waals surface area contributed by atoms with E-state index in [9.17, 15) is 0 Å². The zero-order valence-corrected chi connectivity index (χ0v) is 80.7. The molecule has 29 aromatic rings. The van der Waals surface area contributed by atoms with Crippen LogP contribution in [0.5, 0.6) is 0 Å². The molecule has 3 heterocycles. The first-order chi connectivity index (χ1) is 73.4. The number of aromatic nitrogens is 7. The third-order valence-electron chi connectivity index (χ3n) is 29.3. The highest BCUT2D eigenvalue weighted by atomic mass is 15.1. The van der Waals surface area contributed by atoms with Gasteiger partial charge in [0, 0.05) is 39.2 Å². The van der Waals surface area contributed by atoms with Crippen LogP contribution in [0.15, 0.2) is 552 Å². The third kappa shape index (κ3) is 15.8. The van der Waals surface area contributed by atoms with Crippen molar-refractivity contribution in [2.24, 2.45) is 0 Å². The Balaban J connectivity index is 0.000000110. The van der Waals surface area contributed by atoms with Gasteiger partial charge >= 0.3 is 0 Å². The van der Waals surface area contributed by atoms with Crippen molar-refractivity contribution in [2.45, 2.75) is 0 Å². The van der Waals surface area contributed by atoms with E-state index in [1.54, 1.807) is 0 Å². The summed E-state index contributed by atoms with van der Waals surface area (Å²) in [6, 6.07) is 197. The number of benzene rings is 26. The largest absolute Gasteiger partial charge is 0.292 e. The molecule has 26 aromatic carbocycles. The Hall–Kier alpha value is -19.7. The highest BCUT2D eigenvalue weighted by Gasteiger charge is 2.27. The van der Waals surface area contributed by atoms with Crippen LogP contribution in [0, 0.1) is 0 Å². The quantitative estimate of drug-likeness (QED) is 0.101. The molecular formula is C141H91N7. The number of hydrogen-bond donors (Lipinski definition) is 0. The maximum absolute atomic E-state index is 5.15. The summed E-state index contributed by atoms with van der Waals surface area (Å²) in [7, 11) is 0. The second-order valence-corrected chi connectivity index (χ2v) is 37.9. The zero-order valence-electron chi connectivity index (χ0n) is 80.7. The minimum absolute atomic E-state index is 0.653. The lowest BCUT2D eigenvalue weighted by atomic mass is 9.84. The molecule has 0 aliphatic rings. The van der Waals surface area contributed by atoms with Crippen LogP contribution >= 0.6 is 0 Å². The van der Waals surface area contributed by atoms with Gasteiger partial charge in [0.25, 0.3) is 0 Å². The summed E-state index contributed by atoms with van der Waals surface area (Å²) in [4.78, 5) is 25.5. The fourth-order valence-corrected chi connectivity index (χ4v) is 22.5. The number of fused-ring (bicyclic) bond motifs is 12. The standard InChI is InChI=1S/C53H34N2.C45H29N3.C43H28N2/c1-2-16-44(17-3-1)55-50-21-11-10-20-49(50)54-53(55)38-26-22-37(23-27-38)41-30-31-47-48(34-41)52(43-29-25-36-13-5-7-15-40(36)33-43)46-19-9-8-18-45(46)51(47)42-28-24-35-12-4-6-14-39(35)32-42;1-3-15-33(16-4-1)43-46-44(34-17-5-2-6-18-34)48-45(47-43)42-39-23-11-9-21-37(39)41(38-22-10-12-24-40(38)42)32-28-26-31(27-29-32)36-25-13-19-30-14-7-8-20-35(30)36;1-2-15-32(16-3-1)45-40-24-11-10-23-39(40)44-43(45)31-27-25-30(26-28-31)41-35-18-6-8-20-37(35)42(38-21-9-7-19-36(38)41)34-22-12-14-29-13-4-5-17-33(29)34/h1-34H;1-29H;1-28H. The van der Waals surface area contributed by atoms with Crippen molar-refractivity contribution in [3.63, 3.8) is 0 Å². The van der Waals surface area contributed by atoms with Gasteiger partial charge in [-0.25, -0.2) is 24.9 Å². The molecule has 148 heavy (non-hydrogen) atoms. The molecule has 0 amide bonds. The van der Waals surface area contributed by atoms with E-state index in [1.807, 2.05) is 36.4 Å². The van der Waals surface area contributed by atoms with E-state index in [1.165, 1.54) is 159 Å². The molecule has 0 N–H and O–H groups in total. The smallest absolute Gasteiger partial charge is 0.165 e. The Bertz CT molecular complexity index is 10000. The van der Waals surface area contributed by atoms with Gasteiger partial charge in [-0.15, -0.1) is 0 Å². The molecule has 29 rings (SSSR count). The Morgan fingerprint density at radius 2 is 0.412 bits per heavy atom. The van der Waals surface area contributed by atoms with E-state index in [0.717, 1.165) is 100 Å². The summed E-state index contributed by atoms with van der Waals surface area (Å²) in [5, 5.41) is 24.6. The zero-order chi connectivity index (χ0) is 97.9. The molecule has 0 bridgehead atoms. The van der Waals surface area contributed by atoms with Gasteiger partial charge in [-0.2, -0.15) is 0 Å². The van der Waals surface area contributed by atoms with Crippen molar-refractivity contribution in [2.75, 3.05) is 0 Å². The second kappa shape index (κ2) is 37.6. The van der Waals surface area contributed by atoms with E-state index in [-0.39, 0.29) is 0 Å². The Labute approximate surface area is 855 Å². The maximum atomic E-state index is 5.15. The molecule has 0 aliphatic heterocycles. The van der Waals surface area contributed by atoms with Gasteiger partial charge in [0.1, 0.15) is 11.6 Å². The van der Waals surface area contributed by atoms with Crippen molar-refractivity contribution >= 4 is 130 Å². The van der Waals surface area contributed by atoms with Crippen LogP contribution in [0.2, 0.25) is 0 Å². The van der Waals surface area contributed by atoms with E-state index in [0.29, 0.717) is 17.5 Å². The van der Waals surface area contributed by atoms with Gasteiger partial charge in [-0.05, 0) is 252 Å². The first kappa shape index (κ1) is 87.3. The molecule has 0 unspecified atom stereocenters. The van der Waals surface area contributed by atoms with Crippen LogP contribution in [-0.2, 0) is 0 Å². The fraction of sp³-hybridized carbons (Fsp3) is 0. The van der Waals surface area contributed by atoms with E-state index in [2.05, 4.69) is 525 Å². The topological polar surface area (TPSA) is 74.3 Å². The lowest BCUT2D eigenvalue weighted by Gasteiger charge is -2.19. The van der Waals surface area contributed by atoms with Gasteiger partial charge in [0.05, 0.1) is 22.1 Å². The van der Waals surface area contributed by atoms with Gasteiger partial charge < -0.3 is 0 Å². The Morgan fingerprint density at radius 1 is 0.128 bits per heavy atom. The van der Waals surface area contributed by atoms with Crippen molar-refractivity contribution in [1.29, 1.82) is 0 Å². The number of para-hydroxylation sites is 6. The molecule has 7 heteroatoms. The monoisotopic (exact) mass is 1880 g/mol. The number of imidazole rings is 2. The summed E-state index contributed by atoms with van der Waals surface area (Å²) in [6.45, 7) is 0.